The summed E-state index contributed by atoms with van der Waals surface area (Å²) in [4.78, 5) is 0. The average Bonchev–Trinajstić information content (AvgIpc) is 1.85. The van der Waals surface area contributed by atoms with Gasteiger partial charge in [0.05, 0.1) is 5.70 Å². The van der Waals surface area contributed by atoms with E-state index in [-0.39, 0.29) is 5.41 Å². The number of nitrogens with one attached hydrogen (secondary N) is 1. The molecule has 0 rings (SSSR count). The van der Waals surface area contributed by atoms with Crippen LogP contribution in [0.5, 0.6) is 0 Å². The van der Waals surface area contributed by atoms with Crippen LogP contribution in [0.15, 0.2) is 16.9 Å². The van der Waals surface area contributed by atoms with Crippen LogP contribution in [-0.4, -0.2) is 0 Å². The molecular weight excluding hydrogens is 148 g/mol. The molecule has 0 saturated carbocycles. The summed E-state index contributed by atoms with van der Waals surface area (Å²) in [5.74, 6) is 0.650. The first-order valence-corrected chi connectivity index (χ1v) is 4.48. The molecule has 0 atom stereocenters. The first kappa shape index (κ1) is 11.3. The first-order valence-electron chi connectivity index (χ1n) is 4.48. The lowest BCUT2D eigenvalue weighted by Gasteiger charge is -2.26. The Morgan fingerprint density at radius 3 is 2.25 bits per heavy atom. The standard InChI is InChI=1S/C10H20N2/c1-6-9(12-11)10(4,5)7-8(2)3/h6,8,11H,7H2,1-5H3/b9-6-,12-11?. The SMILES string of the molecule is C/C=C(\N=N)C(C)(C)CC(C)C. The molecule has 0 radical (unpaired) electrons. The van der Waals surface area contributed by atoms with E-state index < -0.39 is 0 Å². The number of allylic oxidation sites excluding steroid dienone is 2. The number of hydrogen-bond acceptors (Lipinski definition) is 2. The van der Waals surface area contributed by atoms with Gasteiger partial charge in [-0.25, -0.2) is 5.53 Å². The van der Waals surface area contributed by atoms with Gasteiger partial charge in [-0.3, -0.25) is 0 Å². The predicted molar refractivity (Wildman–Crippen MR) is 52.1 cm³/mol. The minimum atomic E-state index is 0.0463. The lowest BCUT2D eigenvalue weighted by atomic mass is 9.81. The second-order valence-electron chi connectivity index (χ2n) is 4.27. The molecule has 2 nitrogen and oxygen atoms in total. The largest absolute Gasteiger partial charge is 0.205 e. The van der Waals surface area contributed by atoms with Crippen molar-refractivity contribution in [2.24, 2.45) is 16.4 Å². The summed E-state index contributed by atoms with van der Waals surface area (Å²) in [6.45, 7) is 10.6. The quantitative estimate of drug-likeness (QED) is 0.616. The van der Waals surface area contributed by atoms with E-state index in [1.54, 1.807) is 0 Å². The molecule has 0 saturated heterocycles. The monoisotopic (exact) mass is 168 g/mol. The molecule has 1 N–H and O–H groups in total. The Kier molecular flexibility index (Phi) is 4.15. The summed E-state index contributed by atoms with van der Waals surface area (Å²) in [6.07, 6.45) is 3.00. The van der Waals surface area contributed by atoms with Crippen molar-refractivity contribution in [1.82, 2.24) is 0 Å². The van der Waals surface area contributed by atoms with E-state index >= 15 is 0 Å². The topological polar surface area (TPSA) is 36.2 Å². The van der Waals surface area contributed by atoms with Crippen LogP contribution in [0.4, 0.5) is 0 Å². The Bertz CT molecular complexity index is 178. The smallest absolute Gasteiger partial charge is 0.0637 e. The number of hydrogen-bond donors (Lipinski definition) is 1. The second kappa shape index (κ2) is 4.39. The maximum atomic E-state index is 7.02. The van der Waals surface area contributed by atoms with Gasteiger partial charge in [-0.05, 0) is 19.3 Å². The van der Waals surface area contributed by atoms with E-state index in [2.05, 4.69) is 32.8 Å². The Morgan fingerprint density at radius 2 is 2.00 bits per heavy atom. The molecule has 2 heteroatoms. The average molecular weight is 168 g/mol. The van der Waals surface area contributed by atoms with Crippen molar-refractivity contribution in [3.8, 4) is 0 Å². The Morgan fingerprint density at radius 1 is 1.50 bits per heavy atom. The third-order valence-electron chi connectivity index (χ3n) is 2.01. The third-order valence-corrected chi connectivity index (χ3v) is 2.01. The molecule has 70 valence electrons. The highest BCUT2D eigenvalue weighted by atomic mass is 15.0. The van der Waals surface area contributed by atoms with Gasteiger partial charge in [0.2, 0.25) is 0 Å². The van der Waals surface area contributed by atoms with Gasteiger partial charge in [0.25, 0.3) is 0 Å². The zero-order chi connectivity index (χ0) is 9.78. The predicted octanol–water partition coefficient (Wildman–Crippen LogP) is 3.99. The first-order chi connectivity index (χ1) is 5.44. The molecular formula is C10H20N2. The van der Waals surface area contributed by atoms with E-state index in [0.29, 0.717) is 5.92 Å². The second-order valence-corrected chi connectivity index (χ2v) is 4.27. The minimum Gasteiger partial charge on any atom is -0.205 e. The summed E-state index contributed by atoms with van der Waals surface area (Å²) >= 11 is 0. The lowest BCUT2D eigenvalue weighted by Crippen LogP contribution is -2.16. The van der Waals surface area contributed by atoms with Crippen molar-refractivity contribution >= 4 is 0 Å². The maximum Gasteiger partial charge on any atom is 0.0637 e. The van der Waals surface area contributed by atoms with Gasteiger partial charge >= 0.3 is 0 Å². The minimum absolute atomic E-state index is 0.0463. The van der Waals surface area contributed by atoms with Crippen molar-refractivity contribution in [2.75, 3.05) is 0 Å². The normalized spacial score (nSPS) is 13.7. The summed E-state index contributed by atoms with van der Waals surface area (Å²) < 4.78 is 0. The molecule has 0 amide bonds. The van der Waals surface area contributed by atoms with E-state index in [9.17, 15) is 0 Å². The summed E-state index contributed by atoms with van der Waals surface area (Å²) in [6, 6.07) is 0. The molecule has 0 aliphatic rings. The fraction of sp³-hybridized carbons (Fsp3) is 0.800. The van der Waals surface area contributed by atoms with Crippen LogP contribution in [0.25, 0.3) is 0 Å². The van der Waals surface area contributed by atoms with Crippen molar-refractivity contribution in [1.29, 1.82) is 5.53 Å². The molecule has 0 aromatic rings. The zero-order valence-electron chi connectivity index (χ0n) is 8.81. The van der Waals surface area contributed by atoms with Crippen molar-refractivity contribution < 1.29 is 0 Å². The van der Waals surface area contributed by atoms with Gasteiger partial charge in [-0.2, -0.15) is 5.11 Å². The highest BCUT2D eigenvalue weighted by molar-refractivity contribution is 5.08. The maximum absolute atomic E-state index is 7.02. The highest BCUT2D eigenvalue weighted by Gasteiger charge is 2.23. The molecule has 0 aromatic heterocycles. The van der Waals surface area contributed by atoms with Gasteiger partial charge in [-0.1, -0.05) is 33.8 Å². The van der Waals surface area contributed by atoms with Crippen LogP contribution in [-0.2, 0) is 0 Å². The molecule has 12 heavy (non-hydrogen) atoms. The van der Waals surface area contributed by atoms with Gasteiger partial charge in [0.15, 0.2) is 0 Å². The van der Waals surface area contributed by atoms with Crippen LogP contribution in [0.1, 0.15) is 41.0 Å². The Hall–Kier alpha value is -0.660. The van der Waals surface area contributed by atoms with E-state index in [1.165, 1.54) is 0 Å². The van der Waals surface area contributed by atoms with Gasteiger partial charge in [-0.15, -0.1) is 0 Å². The van der Waals surface area contributed by atoms with E-state index in [0.717, 1.165) is 12.1 Å². The van der Waals surface area contributed by atoms with E-state index in [4.69, 9.17) is 5.53 Å². The molecule has 0 spiro atoms. The van der Waals surface area contributed by atoms with Crippen LogP contribution in [0.2, 0.25) is 0 Å². The fourth-order valence-corrected chi connectivity index (χ4v) is 1.73. The van der Waals surface area contributed by atoms with Crippen molar-refractivity contribution in [3.05, 3.63) is 11.8 Å². The van der Waals surface area contributed by atoms with Gasteiger partial charge < -0.3 is 0 Å². The van der Waals surface area contributed by atoms with Crippen molar-refractivity contribution in [2.45, 2.75) is 41.0 Å². The number of rotatable bonds is 4. The van der Waals surface area contributed by atoms with Gasteiger partial charge in [0, 0.05) is 5.41 Å². The summed E-state index contributed by atoms with van der Waals surface area (Å²) in [5, 5.41) is 3.54. The molecule has 0 fully saturated rings. The molecule has 0 aliphatic carbocycles. The van der Waals surface area contributed by atoms with Crippen LogP contribution in [0, 0.1) is 16.9 Å². The Balaban J connectivity index is 4.47. The summed E-state index contributed by atoms with van der Waals surface area (Å²) in [7, 11) is 0. The lowest BCUT2D eigenvalue weighted by molar-refractivity contribution is 0.338. The van der Waals surface area contributed by atoms with Crippen LogP contribution < -0.4 is 0 Å². The van der Waals surface area contributed by atoms with Gasteiger partial charge in [0.1, 0.15) is 0 Å². The summed E-state index contributed by atoms with van der Waals surface area (Å²) in [5.41, 5.74) is 7.95. The zero-order valence-corrected chi connectivity index (χ0v) is 8.81. The molecule has 0 aromatic carbocycles. The van der Waals surface area contributed by atoms with Crippen LogP contribution in [0.3, 0.4) is 0 Å². The Labute approximate surface area is 75.6 Å². The molecule has 0 heterocycles. The van der Waals surface area contributed by atoms with E-state index in [1.807, 2.05) is 13.0 Å². The van der Waals surface area contributed by atoms with Crippen LogP contribution >= 0.6 is 0 Å². The fourth-order valence-electron chi connectivity index (χ4n) is 1.73. The third kappa shape index (κ3) is 3.16. The highest BCUT2D eigenvalue weighted by Crippen LogP contribution is 2.33. The molecule has 0 bridgehead atoms. The van der Waals surface area contributed by atoms with Crippen molar-refractivity contribution in [3.63, 3.8) is 0 Å². The molecule has 0 unspecified atom stereocenters. The molecule has 0 aliphatic heterocycles. The number of nitrogens with zero attached hydrogens (tertiary/aromatic N) is 1.